The van der Waals surface area contributed by atoms with Crippen molar-refractivity contribution in [2.45, 2.75) is 4.90 Å². The lowest BCUT2D eigenvalue weighted by Gasteiger charge is -2.16. The number of carbonyl (C=O) groups excluding carboxylic acids is 2. The topological polar surface area (TPSA) is 70.7 Å². The van der Waals surface area contributed by atoms with Gasteiger partial charge in [-0.1, -0.05) is 6.07 Å². The van der Waals surface area contributed by atoms with Crippen molar-refractivity contribution in [3.8, 4) is 5.75 Å². The van der Waals surface area contributed by atoms with Gasteiger partial charge in [0.25, 0.3) is 0 Å². The molecule has 0 bridgehead atoms. The Kier molecular flexibility index (Phi) is 7.50. The lowest BCUT2D eigenvalue weighted by molar-refractivity contribution is -0.119. The van der Waals surface area contributed by atoms with Gasteiger partial charge in [-0.25, -0.2) is 0 Å². The van der Waals surface area contributed by atoms with E-state index >= 15 is 0 Å². The van der Waals surface area contributed by atoms with Crippen molar-refractivity contribution in [3.05, 3.63) is 48.5 Å². The molecule has 7 heteroatoms. The average molecular weight is 373 g/mol. The highest BCUT2D eigenvalue weighted by molar-refractivity contribution is 7.98. The summed E-state index contributed by atoms with van der Waals surface area (Å²) in [4.78, 5) is 26.9. The van der Waals surface area contributed by atoms with E-state index in [1.54, 1.807) is 55.1 Å². The van der Waals surface area contributed by atoms with Crippen molar-refractivity contribution >= 4 is 35.0 Å². The summed E-state index contributed by atoms with van der Waals surface area (Å²) in [5.41, 5.74) is 1.43. The maximum atomic E-state index is 12.1. The largest absolute Gasteiger partial charge is 0.497 e. The summed E-state index contributed by atoms with van der Waals surface area (Å²) in [7, 11) is 3.32. The van der Waals surface area contributed by atoms with E-state index in [1.165, 1.54) is 0 Å². The highest BCUT2D eigenvalue weighted by Crippen LogP contribution is 2.19. The van der Waals surface area contributed by atoms with Crippen molar-refractivity contribution in [2.24, 2.45) is 0 Å². The number of anilines is 2. The molecule has 0 saturated carbocycles. The molecule has 6 nitrogen and oxygen atoms in total. The molecule has 26 heavy (non-hydrogen) atoms. The molecule has 2 N–H and O–H groups in total. The van der Waals surface area contributed by atoms with Gasteiger partial charge in [0.2, 0.25) is 11.8 Å². The van der Waals surface area contributed by atoms with Gasteiger partial charge in [0.05, 0.1) is 20.2 Å². The first-order valence-electron chi connectivity index (χ1n) is 8.06. The van der Waals surface area contributed by atoms with Gasteiger partial charge in [-0.15, -0.1) is 11.8 Å². The Morgan fingerprint density at radius 1 is 1.00 bits per heavy atom. The second-order valence-electron chi connectivity index (χ2n) is 5.73. The van der Waals surface area contributed by atoms with Gasteiger partial charge in [0.15, 0.2) is 0 Å². The minimum absolute atomic E-state index is 0.115. The predicted molar refractivity (Wildman–Crippen MR) is 106 cm³/mol. The number of methoxy groups -OCH3 is 1. The van der Waals surface area contributed by atoms with Gasteiger partial charge in [-0.2, -0.15) is 0 Å². The van der Waals surface area contributed by atoms with Gasteiger partial charge in [-0.05, 0) is 55.8 Å². The molecule has 0 atom stereocenters. The first kappa shape index (κ1) is 19.8. The summed E-state index contributed by atoms with van der Waals surface area (Å²) < 4.78 is 5.08. The van der Waals surface area contributed by atoms with Crippen LogP contribution in [0.1, 0.15) is 0 Å². The smallest absolute Gasteiger partial charge is 0.238 e. The van der Waals surface area contributed by atoms with Crippen LogP contribution in [0.15, 0.2) is 53.4 Å². The van der Waals surface area contributed by atoms with Crippen LogP contribution >= 0.6 is 11.8 Å². The van der Waals surface area contributed by atoms with Crippen LogP contribution in [0.4, 0.5) is 11.4 Å². The van der Waals surface area contributed by atoms with Crippen LogP contribution in [0.25, 0.3) is 0 Å². The van der Waals surface area contributed by atoms with Gasteiger partial charge < -0.3 is 15.4 Å². The molecule has 0 radical (unpaired) electrons. The fraction of sp³-hybridized carbons (Fsp3) is 0.263. The van der Waals surface area contributed by atoms with E-state index in [1.807, 2.05) is 30.5 Å². The van der Waals surface area contributed by atoms with Crippen LogP contribution in [0, 0.1) is 0 Å². The Morgan fingerprint density at radius 3 is 2.19 bits per heavy atom. The van der Waals surface area contributed by atoms with Gasteiger partial charge in [0.1, 0.15) is 5.75 Å². The SMILES string of the molecule is COc1ccc(NC(=O)CN(C)CC(=O)Nc2cccc(SC)c2)cc1. The lowest BCUT2D eigenvalue weighted by atomic mass is 10.3. The van der Waals surface area contributed by atoms with Crippen LogP contribution in [-0.4, -0.2) is 50.2 Å². The number of nitrogens with one attached hydrogen (secondary N) is 2. The maximum Gasteiger partial charge on any atom is 0.238 e. The summed E-state index contributed by atoms with van der Waals surface area (Å²) in [5.74, 6) is 0.375. The quantitative estimate of drug-likeness (QED) is 0.696. The molecule has 2 rings (SSSR count). The zero-order valence-corrected chi connectivity index (χ0v) is 15.9. The first-order chi connectivity index (χ1) is 12.5. The van der Waals surface area contributed by atoms with Crippen molar-refractivity contribution in [1.82, 2.24) is 4.90 Å². The fourth-order valence-electron chi connectivity index (χ4n) is 2.32. The third-order valence-corrected chi connectivity index (χ3v) is 4.28. The molecular formula is C19H23N3O3S. The second-order valence-corrected chi connectivity index (χ2v) is 6.61. The highest BCUT2D eigenvalue weighted by atomic mass is 32.2. The molecule has 2 amide bonds. The van der Waals surface area contributed by atoms with E-state index in [0.717, 1.165) is 16.3 Å². The number of rotatable bonds is 8. The molecular weight excluding hydrogens is 350 g/mol. The zero-order chi connectivity index (χ0) is 18.9. The minimum Gasteiger partial charge on any atom is -0.497 e. The van der Waals surface area contributed by atoms with E-state index in [9.17, 15) is 9.59 Å². The summed E-state index contributed by atoms with van der Waals surface area (Å²) in [6.45, 7) is 0.240. The molecule has 0 saturated heterocycles. The zero-order valence-electron chi connectivity index (χ0n) is 15.1. The monoisotopic (exact) mass is 373 g/mol. The Hall–Kier alpha value is -2.51. The Bertz CT molecular complexity index is 750. The minimum atomic E-state index is -0.185. The Morgan fingerprint density at radius 2 is 1.62 bits per heavy atom. The van der Waals surface area contributed by atoms with Gasteiger partial charge in [-0.3, -0.25) is 14.5 Å². The average Bonchev–Trinajstić information content (AvgIpc) is 2.62. The normalized spacial score (nSPS) is 10.5. The first-order valence-corrected chi connectivity index (χ1v) is 9.29. The summed E-state index contributed by atoms with van der Waals surface area (Å²) in [6, 6.07) is 14.7. The number of hydrogen-bond donors (Lipinski definition) is 2. The molecule has 0 aliphatic carbocycles. The Balaban J connectivity index is 1.79. The standard InChI is InChI=1S/C19H23N3O3S/c1-22(12-18(23)20-14-7-9-16(25-2)10-8-14)13-19(24)21-15-5-4-6-17(11-15)26-3/h4-11H,12-13H2,1-3H3,(H,20,23)(H,21,24). The maximum absolute atomic E-state index is 12.1. The van der Waals surface area contributed by atoms with E-state index in [4.69, 9.17) is 4.74 Å². The number of likely N-dealkylation sites (N-methyl/N-ethyl adjacent to an activating group) is 1. The molecule has 2 aromatic rings. The van der Waals surface area contributed by atoms with Crippen LogP contribution in [0.2, 0.25) is 0 Å². The third-order valence-electron chi connectivity index (χ3n) is 3.55. The van der Waals surface area contributed by atoms with Gasteiger partial charge in [0, 0.05) is 16.3 Å². The van der Waals surface area contributed by atoms with Crippen LogP contribution in [-0.2, 0) is 9.59 Å². The number of nitrogens with zero attached hydrogens (tertiary/aromatic N) is 1. The lowest BCUT2D eigenvalue weighted by Crippen LogP contribution is -2.36. The number of amides is 2. The number of carbonyl (C=O) groups is 2. The number of hydrogen-bond acceptors (Lipinski definition) is 5. The molecule has 0 spiro atoms. The van der Waals surface area contributed by atoms with E-state index in [0.29, 0.717) is 5.69 Å². The number of thioether (sulfide) groups is 1. The molecule has 2 aromatic carbocycles. The molecule has 0 aliphatic rings. The third kappa shape index (κ3) is 6.42. The van der Waals surface area contributed by atoms with Crippen LogP contribution in [0.5, 0.6) is 5.75 Å². The van der Waals surface area contributed by atoms with E-state index < -0.39 is 0 Å². The highest BCUT2D eigenvalue weighted by Gasteiger charge is 2.11. The molecule has 0 aromatic heterocycles. The summed E-state index contributed by atoms with van der Waals surface area (Å²) >= 11 is 1.61. The second kappa shape index (κ2) is 9.84. The summed E-state index contributed by atoms with van der Waals surface area (Å²) in [6.07, 6.45) is 1.98. The summed E-state index contributed by atoms with van der Waals surface area (Å²) in [5, 5.41) is 5.64. The predicted octanol–water partition coefficient (Wildman–Crippen LogP) is 2.93. The van der Waals surface area contributed by atoms with E-state index in [2.05, 4.69) is 10.6 Å². The van der Waals surface area contributed by atoms with Gasteiger partial charge >= 0.3 is 0 Å². The molecule has 0 aliphatic heterocycles. The molecule has 0 heterocycles. The van der Waals surface area contributed by atoms with Crippen molar-refractivity contribution < 1.29 is 14.3 Å². The molecule has 0 fully saturated rings. The van der Waals surface area contributed by atoms with Crippen molar-refractivity contribution in [2.75, 3.05) is 44.1 Å². The number of benzene rings is 2. The Labute approximate surface area is 157 Å². The van der Waals surface area contributed by atoms with E-state index in [-0.39, 0.29) is 24.9 Å². The molecule has 0 unspecified atom stereocenters. The van der Waals surface area contributed by atoms with Crippen molar-refractivity contribution in [3.63, 3.8) is 0 Å². The van der Waals surface area contributed by atoms with Crippen molar-refractivity contribution in [1.29, 1.82) is 0 Å². The molecule has 138 valence electrons. The van der Waals surface area contributed by atoms with Crippen LogP contribution < -0.4 is 15.4 Å². The van der Waals surface area contributed by atoms with Crippen LogP contribution in [0.3, 0.4) is 0 Å². The fourth-order valence-corrected chi connectivity index (χ4v) is 2.78. The number of ether oxygens (including phenoxy) is 1.